The molecule has 6 heteroatoms. The van der Waals surface area contributed by atoms with Crippen molar-refractivity contribution in [2.75, 3.05) is 7.11 Å². The van der Waals surface area contributed by atoms with Gasteiger partial charge in [0.25, 0.3) is 0 Å². The number of methoxy groups -OCH3 is 1. The summed E-state index contributed by atoms with van der Waals surface area (Å²) >= 11 is 6.33. The number of carbonyl (C=O) groups excluding carboxylic acids is 1. The van der Waals surface area contributed by atoms with Crippen LogP contribution in [0.15, 0.2) is 72.8 Å². The van der Waals surface area contributed by atoms with Crippen LogP contribution in [-0.2, 0) is 11.1 Å². The van der Waals surface area contributed by atoms with Gasteiger partial charge < -0.3 is 10.7 Å². The van der Waals surface area contributed by atoms with Crippen LogP contribution in [0.1, 0.15) is 17.3 Å². The Morgan fingerprint density at radius 1 is 1.00 bits per heavy atom. The second-order valence-electron chi connectivity index (χ2n) is 5.56. The van der Waals surface area contributed by atoms with Gasteiger partial charge in [0.2, 0.25) is 0 Å². The molecule has 3 aromatic rings. The van der Waals surface area contributed by atoms with Gasteiger partial charge in [-0.15, -0.1) is 0 Å². The van der Waals surface area contributed by atoms with Gasteiger partial charge in [-0.3, -0.25) is 4.79 Å². The summed E-state index contributed by atoms with van der Waals surface area (Å²) in [7, 11) is 0.371. The first-order valence-electron chi connectivity index (χ1n) is 8.07. The standard InChI is InChI=1S/C21H18ClO3P.Li.H/c1-24-21-17(14-23)12-19(13-20(21)22)26(18-10-6-3-7-11-18)25-15-16-8-4-2-5-9-16;;/h2-14H,15H2,1H3;;/q;+1;-1. The minimum atomic E-state index is -1.13. The first-order valence-corrected chi connectivity index (χ1v) is 9.71. The summed E-state index contributed by atoms with van der Waals surface area (Å²) in [6.45, 7) is 0.474. The number of carbonyl (C=O) groups is 1. The maximum Gasteiger partial charge on any atom is 1.00 e. The third-order valence-electron chi connectivity index (χ3n) is 3.82. The fraction of sp³-hybridized carbons (Fsp3) is 0.0952. The van der Waals surface area contributed by atoms with Crippen LogP contribution in [0.5, 0.6) is 5.75 Å². The molecule has 134 valence electrons. The molecular weight excluding hydrogens is 374 g/mol. The number of rotatable bonds is 7. The molecule has 0 aliphatic carbocycles. The molecular formula is C21H19ClLiO3P. The molecule has 0 N–H and O–H groups in total. The fourth-order valence-electron chi connectivity index (χ4n) is 2.59. The zero-order valence-corrected chi connectivity index (χ0v) is 16.9. The van der Waals surface area contributed by atoms with Gasteiger partial charge in [0.15, 0.2) is 6.29 Å². The predicted molar refractivity (Wildman–Crippen MR) is 108 cm³/mol. The Balaban J connectivity index is 0.00000196. The summed E-state index contributed by atoms with van der Waals surface area (Å²) in [4.78, 5) is 11.5. The van der Waals surface area contributed by atoms with E-state index in [-0.39, 0.29) is 20.3 Å². The molecule has 0 saturated heterocycles. The largest absolute Gasteiger partial charge is 1.00 e. The Labute approximate surface area is 179 Å². The summed E-state index contributed by atoms with van der Waals surface area (Å²) in [6, 6.07) is 23.6. The van der Waals surface area contributed by atoms with Crippen molar-refractivity contribution in [3.8, 4) is 5.75 Å². The second kappa shape index (κ2) is 10.7. The normalized spacial score (nSPS) is 11.3. The number of benzene rings is 3. The zero-order chi connectivity index (χ0) is 18.4. The molecule has 0 saturated carbocycles. The maximum absolute atomic E-state index is 11.5. The van der Waals surface area contributed by atoms with Gasteiger partial charge in [0.1, 0.15) is 5.75 Å². The quantitative estimate of drug-likeness (QED) is 0.350. The van der Waals surface area contributed by atoms with Gasteiger partial charge in [-0.25, -0.2) is 0 Å². The van der Waals surface area contributed by atoms with Gasteiger partial charge in [-0.05, 0) is 17.7 Å². The van der Waals surface area contributed by atoms with E-state index in [1.807, 2.05) is 66.7 Å². The summed E-state index contributed by atoms with van der Waals surface area (Å²) in [5, 5.41) is 2.32. The van der Waals surface area contributed by atoms with Gasteiger partial charge >= 0.3 is 18.9 Å². The average Bonchev–Trinajstić information content (AvgIpc) is 2.69. The Morgan fingerprint density at radius 2 is 1.63 bits per heavy atom. The van der Waals surface area contributed by atoms with E-state index < -0.39 is 8.15 Å². The van der Waals surface area contributed by atoms with Crippen LogP contribution in [0.4, 0.5) is 0 Å². The molecule has 0 amide bonds. The Hall–Kier alpha value is -1.59. The zero-order valence-electron chi connectivity index (χ0n) is 16.3. The summed E-state index contributed by atoms with van der Waals surface area (Å²) < 4.78 is 11.5. The van der Waals surface area contributed by atoms with E-state index in [0.717, 1.165) is 22.5 Å². The van der Waals surface area contributed by atoms with Gasteiger partial charge in [0.05, 0.1) is 32.5 Å². The van der Waals surface area contributed by atoms with E-state index in [1.54, 1.807) is 6.07 Å². The molecule has 0 bridgehead atoms. The third kappa shape index (κ3) is 5.45. The monoisotopic (exact) mass is 392 g/mol. The summed E-state index contributed by atoms with van der Waals surface area (Å²) in [6.07, 6.45) is 0.754. The third-order valence-corrected chi connectivity index (χ3v) is 5.98. The van der Waals surface area contributed by atoms with Crippen LogP contribution in [0.3, 0.4) is 0 Å². The van der Waals surface area contributed by atoms with Gasteiger partial charge in [-0.1, -0.05) is 72.3 Å². The first-order chi connectivity index (χ1) is 12.7. The first kappa shape index (κ1) is 21.7. The van der Waals surface area contributed by atoms with Gasteiger partial charge in [-0.2, -0.15) is 0 Å². The van der Waals surface area contributed by atoms with E-state index in [4.69, 9.17) is 20.9 Å². The Kier molecular flexibility index (Phi) is 8.57. The number of ether oxygens (including phenoxy) is 1. The molecule has 0 radical (unpaired) electrons. The minimum absolute atomic E-state index is 0. The van der Waals surface area contributed by atoms with E-state index >= 15 is 0 Å². The van der Waals surface area contributed by atoms with Crippen LogP contribution in [-0.4, -0.2) is 13.4 Å². The van der Waals surface area contributed by atoms with Crippen LogP contribution in [0, 0.1) is 0 Å². The smallest absolute Gasteiger partial charge is 1.00 e. The molecule has 27 heavy (non-hydrogen) atoms. The Morgan fingerprint density at radius 3 is 2.22 bits per heavy atom. The summed E-state index contributed by atoms with van der Waals surface area (Å²) in [5.41, 5.74) is 1.51. The van der Waals surface area contributed by atoms with E-state index in [1.165, 1.54) is 7.11 Å². The number of hydrogen-bond donors (Lipinski definition) is 0. The average molecular weight is 393 g/mol. The van der Waals surface area contributed by atoms with Crippen LogP contribution >= 0.6 is 19.7 Å². The number of halogens is 1. The topological polar surface area (TPSA) is 35.5 Å². The molecule has 3 nitrogen and oxygen atoms in total. The molecule has 0 fully saturated rings. The molecule has 0 heterocycles. The van der Waals surface area contributed by atoms with Crippen molar-refractivity contribution in [1.82, 2.24) is 0 Å². The fourth-order valence-corrected chi connectivity index (χ4v) is 4.79. The van der Waals surface area contributed by atoms with Crippen molar-refractivity contribution in [1.29, 1.82) is 0 Å². The van der Waals surface area contributed by atoms with E-state index in [2.05, 4.69) is 0 Å². The van der Waals surface area contributed by atoms with Crippen molar-refractivity contribution in [2.24, 2.45) is 0 Å². The summed E-state index contributed by atoms with van der Waals surface area (Å²) in [5.74, 6) is 0.386. The molecule has 0 aliphatic heterocycles. The van der Waals surface area contributed by atoms with Crippen molar-refractivity contribution in [2.45, 2.75) is 6.61 Å². The van der Waals surface area contributed by atoms with E-state index in [9.17, 15) is 4.79 Å². The van der Waals surface area contributed by atoms with E-state index in [0.29, 0.717) is 22.9 Å². The molecule has 0 aliphatic rings. The SMILES string of the molecule is COc1c(Cl)cc(P(OCc2ccccc2)c2ccccc2)cc1C=O.[H-].[Li+]. The van der Waals surface area contributed by atoms with Crippen LogP contribution in [0.2, 0.25) is 5.02 Å². The molecule has 3 aromatic carbocycles. The number of aldehydes is 1. The molecule has 1 atom stereocenters. The number of hydrogen-bond acceptors (Lipinski definition) is 3. The van der Waals surface area contributed by atoms with Crippen molar-refractivity contribution in [3.05, 3.63) is 88.9 Å². The second-order valence-corrected chi connectivity index (χ2v) is 7.84. The van der Waals surface area contributed by atoms with Crippen LogP contribution in [0.25, 0.3) is 0 Å². The molecule has 0 spiro atoms. The minimum Gasteiger partial charge on any atom is -1.00 e. The maximum atomic E-state index is 11.5. The molecule has 0 aromatic heterocycles. The van der Waals surface area contributed by atoms with Crippen LogP contribution < -0.4 is 34.2 Å². The van der Waals surface area contributed by atoms with Gasteiger partial charge in [0, 0.05) is 10.6 Å². The predicted octanol–water partition coefficient (Wildman–Crippen LogP) is 1.84. The molecule has 1 unspecified atom stereocenters. The Bertz CT molecular complexity index is 882. The van der Waals surface area contributed by atoms with Crippen molar-refractivity contribution >= 4 is 36.6 Å². The molecule has 3 rings (SSSR count). The van der Waals surface area contributed by atoms with Crippen molar-refractivity contribution in [3.63, 3.8) is 0 Å². The van der Waals surface area contributed by atoms with Crippen molar-refractivity contribution < 1.29 is 34.3 Å².